The first-order valence-electron chi connectivity index (χ1n) is 9.91. The lowest BCUT2D eigenvalue weighted by Gasteiger charge is -2.40. The summed E-state index contributed by atoms with van der Waals surface area (Å²) in [4.78, 5) is 7.97. The minimum Gasteiger partial charge on any atom is -0.304 e. The summed E-state index contributed by atoms with van der Waals surface area (Å²) in [5, 5.41) is 0. The van der Waals surface area contributed by atoms with Gasteiger partial charge in [-0.15, -0.1) is 0 Å². The maximum Gasteiger partial charge on any atom is 0.0195 e. The topological polar surface area (TPSA) is 9.72 Å². The standard InChI is InChI=1S/C17H35N3.C2H6/c1-4-9-20-14-13-19(15-16(20)3)12-8-17-6-10-18(5-2)11-7-17;1-2/h16-17H,4-15H2,1-3H3;1-2H3. The van der Waals surface area contributed by atoms with E-state index in [2.05, 4.69) is 35.5 Å². The Morgan fingerprint density at radius 1 is 0.864 bits per heavy atom. The maximum atomic E-state index is 2.71. The number of piperidine rings is 1. The monoisotopic (exact) mass is 311 g/mol. The van der Waals surface area contributed by atoms with Gasteiger partial charge in [0.2, 0.25) is 0 Å². The molecule has 0 aliphatic carbocycles. The Hall–Kier alpha value is -0.120. The Kier molecular flexibility index (Phi) is 10.3. The zero-order chi connectivity index (χ0) is 16.4. The molecule has 0 aromatic rings. The van der Waals surface area contributed by atoms with E-state index in [-0.39, 0.29) is 0 Å². The summed E-state index contributed by atoms with van der Waals surface area (Å²) in [6.07, 6.45) is 5.58. The second kappa shape index (κ2) is 11.4. The van der Waals surface area contributed by atoms with E-state index < -0.39 is 0 Å². The minimum atomic E-state index is 0.755. The predicted molar refractivity (Wildman–Crippen MR) is 98.6 cm³/mol. The van der Waals surface area contributed by atoms with E-state index in [4.69, 9.17) is 0 Å². The van der Waals surface area contributed by atoms with Gasteiger partial charge in [0.25, 0.3) is 0 Å². The summed E-state index contributed by atoms with van der Waals surface area (Å²) in [6, 6.07) is 0.755. The maximum absolute atomic E-state index is 2.71. The van der Waals surface area contributed by atoms with Crippen LogP contribution in [0.25, 0.3) is 0 Å². The number of rotatable bonds is 6. The molecule has 22 heavy (non-hydrogen) atoms. The van der Waals surface area contributed by atoms with Crippen molar-refractivity contribution >= 4 is 0 Å². The van der Waals surface area contributed by atoms with Crippen LogP contribution in [0.5, 0.6) is 0 Å². The highest BCUT2D eigenvalue weighted by Crippen LogP contribution is 2.21. The van der Waals surface area contributed by atoms with E-state index in [1.807, 2.05) is 13.8 Å². The number of piperazine rings is 1. The summed E-state index contributed by atoms with van der Waals surface area (Å²) in [5.41, 5.74) is 0. The second-order valence-corrected chi connectivity index (χ2v) is 6.85. The van der Waals surface area contributed by atoms with Gasteiger partial charge < -0.3 is 9.80 Å². The van der Waals surface area contributed by atoms with Gasteiger partial charge in [0.15, 0.2) is 0 Å². The Bertz CT molecular complexity index is 261. The SMILES string of the molecule is CC.CCCN1CCN(CCC2CCN(CC)CC2)CC1C. The summed E-state index contributed by atoms with van der Waals surface area (Å²) in [7, 11) is 0. The van der Waals surface area contributed by atoms with Gasteiger partial charge >= 0.3 is 0 Å². The molecule has 3 nitrogen and oxygen atoms in total. The summed E-state index contributed by atoms with van der Waals surface area (Å²) in [6.45, 7) is 21.4. The molecule has 132 valence electrons. The Morgan fingerprint density at radius 3 is 2.09 bits per heavy atom. The first-order valence-corrected chi connectivity index (χ1v) is 9.91. The molecule has 2 aliphatic heterocycles. The Morgan fingerprint density at radius 2 is 1.55 bits per heavy atom. The molecule has 0 amide bonds. The number of nitrogens with zero attached hydrogens (tertiary/aromatic N) is 3. The molecule has 2 rings (SSSR count). The zero-order valence-electron chi connectivity index (χ0n) is 16.0. The molecule has 0 bridgehead atoms. The van der Waals surface area contributed by atoms with Crippen LogP contribution in [0.3, 0.4) is 0 Å². The van der Waals surface area contributed by atoms with Crippen LogP contribution in [0.4, 0.5) is 0 Å². The smallest absolute Gasteiger partial charge is 0.0195 e. The van der Waals surface area contributed by atoms with Crippen molar-refractivity contribution in [1.82, 2.24) is 14.7 Å². The molecule has 0 saturated carbocycles. The normalized spacial score (nSPS) is 25.8. The lowest BCUT2D eigenvalue weighted by atomic mass is 9.93. The van der Waals surface area contributed by atoms with Gasteiger partial charge in [0.1, 0.15) is 0 Å². The quantitative estimate of drug-likeness (QED) is 0.743. The molecule has 2 saturated heterocycles. The molecule has 1 unspecified atom stereocenters. The molecule has 0 N–H and O–H groups in total. The lowest BCUT2D eigenvalue weighted by molar-refractivity contribution is 0.0758. The van der Waals surface area contributed by atoms with E-state index in [0.717, 1.165) is 12.0 Å². The highest BCUT2D eigenvalue weighted by Gasteiger charge is 2.24. The van der Waals surface area contributed by atoms with Crippen LogP contribution in [-0.4, -0.2) is 73.1 Å². The largest absolute Gasteiger partial charge is 0.304 e. The number of hydrogen-bond donors (Lipinski definition) is 0. The molecular formula is C19H41N3. The van der Waals surface area contributed by atoms with Gasteiger partial charge in [-0.05, 0) is 71.2 Å². The van der Waals surface area contributed by atoms with Crippen molar-refractivity contribution < 1.29 is 0 Å². The summed E-state index contributed by atoms with van der Waals surface area (Å²) in [5.74, 6) is 0.988. The van der Waals surface area contributed by atoms with Crippen LogP contribution in [0.2, 0.25) is 0 Å². The van der Waals surface area contributed by atoms with E-state index in [9.17, 15) is 0 Å². The highest BCUT2D eigenvalue weighted by molar-refractivity contribution is 4.80. The average Bonchev–Trinajstić information content (AvgIpc) is 2.57. The van der Waals surface area contributed by atoms with Crippen molar-refractivity contribution in [2.24, 2.45) is 5.92 Å². The Labute approximate surface area is 140 Å². The number of hydrogen-bond acceptors (Lipinski definition) is 3. The van der Waals surface area contributed by atoms with Crippen molar-refractivity contribution in [3.05, 3.63) is 0 Å². The first-order chi connectivity index (χ1) is 10.7. The molecule has 0 spiro atoms. The van der Waals surface area contributed by atoms with E-state index in [0.29, 0.717) is 0 Å². The third-order valence-corrected chi connectivity index (χ3v) is 5.37. The van der Waals surface area contributed by atoms with Gasteiger partial charge in [-0.1, -0.05) is 27.7 Å². The molecule has 0 aromatic heterocycles. The van der Waals surface area contributed by atoms with Crippen LogP contribution >= 0.6 is 0 Å². The van der Waals surface area contributed by atoms with Crippen LogP contribution in [0, 0.1) is 5.92 Å². The van der Waals surface area contributed by atoms with Gasteiger partial charge in [0.05, 0.1) is 0 Å². The molecule has 0 radical (unpaired) electrons. The molecule has 1 atom stereocenters. The Balaban J connectivity index is 0.00000116. The molecule has 2 aliphatic rings. The molecule has 2 fully saturated rings. The third kappa shape index (κ3) is 6.55. The second-order valence-electron chi connectivity index (χ2n) is 6.85. The van der Waals surface area contributed by atoms with Gasteiger partial charge in [-0.25, -0.2) is 0 Å². The fourth-order valence-electron chi connectivity index (χ4n) is 3.85. The van der Waals surface area contributed by atoms with Gasteiger partial charge in [-0.2, -0.15) is 0 Å². The van der Waals surface area contributed by atoms with E-state index in [1.54, 1.807) is 0 Å². The van der Waals surface area contributed by atoms with Gasteiger partial charge in [0, 0.05) is 25.7 Å². The van der Waals surface area contributed by atoms with Crippen LogP contribution in [0.1, 0.15) is 60.3 Å². The number of likely N-dealkylation sites (tertiary alicyclic amines) is 1. The third-order valence-electron chi connectivity index (χ3n) is 5.37. The van der Waals surface area contributed by atoms with E-state index in [1.165, 1.54) is 78.0 Å². The van der Waals surface area contributed by atoms with Crippen molar-refractivity contribution in [3.8, 4) is 0 Å². The predicted octanol–water partition coefficient (Wildman–Crippen LogP) is 3.55. The van der Waals surface area contributed by atoms with Crippen molar-refractivity contribution in [2.75, 3.05) is 52.4 Å². The fraction of sp³-hybridized carbons (Fsp3) is 1.00. The zero-order valence-corrected chi connectivity index (χ0v) is 16.0. The molecule has 0 aromatic carbocycles. The minimum absolute atomic E-state index is 0.755. The summed E-state index contributed by atoms with van der Waals surface area (Å²) >= 11 is 0. The first kappa shape index (κ1) is 19.9. The fourth-order valence-corrected chi connectivity index (χ4v) is 3.85. The van der Waals surface area contributed by atoms with Crippen molar-refractivity contribution in [2.45, 2.75) is 66.3 Å². The van der Waals surface area contributed by atoms with Crippen LogP contribution in [-0.2, 0) is 0 Å². The lowest BCUT2D eigenvalue weighted by Crippen LogP contribution is -2.52. The van der Waals surface area contributed by atoms with Crippen LogP contribution in [0.15, 0.2) is 0 Å². The van der Waals surface area contributed by atoms with Crippen molar-refractivity contribution in [1.29, 1.82) is 0 Å². The van der Waals surface area contributed by atoms with Crippen LogP contribution < -0.4 is 0 Å². The average molecular weight is 312 g/mol. The van der Waals surface area contributed by atoms with Gasteiger partial charge in [-0.3, -0.25) is 4.90 Å². The van der Waals surface area contributed by atoms with Crippen molar-refractivity contribution in [3.63, 3.8) is 0 Å². The highest BCUT2D eigenvalue weighted by atomic mass is 15.3. The van der Waals surface area contributed by atoms with E-state index >= 15 is 0 Å². The molecular weight excluding hydrogens is 270 g/mol. The molecule has 2 heterocycles. The molecule has 3 heteroatoms. The summed E-state index contributed by atoms with van der Waals surface area (Å²) < 4.78 is 0.